The van der Waals surface area contributed by atoms with E-state index in [1.54, 1.807) is 13.0 Å². The number of benzene rings is 2. The molecule has 1 atom stereocenters. The maximum Gasteiger partial charge on any atom is 0.252 e. The van der Waals surface area contributed by atoms with Gasteiger partial charge in [0.1, 0.15) is 0 Å². The molecular formula is C17H22N2O2. The minimum absolute atomic E-state index is 0.161. The number of amides is 1. The molecule has 0 spiro atoms. The first-order valence-corrected chi connectivity index (χ1v) is 7.02. The molecular weight excluding hydrogens is 264 g/mol. The van der Waals surface area contributed by atoms with Gasteiger partial charge in [0.2, 0.25) is 0 Å². The molecule has 0 aromatic heterocycles. The van der Waals surface area contributed by atoms with Crippen LogP contribution >= 0.6 is 0 Å². The first-order valence-electron chi connectivity index (χ1n) is 7.02. The van der Waals surface area contributed by atoms with Crippen molar-refractivity contribution in [3.05, 3.63) is 48.0 Å². The molecule has 2 rings (SSSR count). The van der Waals surface area contributed by atoms with Gasteiger partial charge in [-0.15, -0.1) is 0 Å². The lowest BCUT2D eigenvalue weighted by Gasteiger charge is -2.27. The van der Waals surface area contributed by atoms with Crippen LogP contribution in [-0.4, -0.2) is 48.7 Å². The predicted molar refractivity (Wildman–Crippen MR) is 85.5 cm³/mol. The zero-order valence-electron chi connectivity index (χ0n) is 12.8. The minimum Gasteiger partial charge on any atom is -0.387 e. The molecule has 0 radical (unpaired) electrons. The first-order chi connectivity index (χ1) is 9.89. The molecule has 0 aliphatic carbocycles. The molecule has 2 N–H and O–H groups in total. The van der Waals surface area contributed by atoms with E-state index in [1.165, 1.54) is 0 Å². The summed E-state index contributed by atoms with van der Waals surface area (Å²) < 4.78 is 0. The molecule has 0 heterocycles. The number of likely N-dealkylation sites (N-methyl/N-ethyl adjacent to an activating group) is 1. The Labute approximate surface area is 125 Å². The van der Waals surface area contributed by atoms with Crippen LogP contribution in [0.3, 0.4) is 0 Å². The van der Waals surface area contributed by atoms with Crippen molar-refractivity contribution in [2.24, 2.45) is 0 Å². The van der Waals surface area contributed by atoms with E-state index in [2.05, 4.69) is 5.32 Å². The summed E-state index contributed by atoms with van der Waals surface area (Å²) in [5, 5.41) is 15.0. The summed E-state index contributed by atoms with van der Waals surface area (Å²) in [6.45, 7) is 2.42. The summed E-state index contributed by atoms with van der Waals surface area (Å²) >= 11 is 0. The van der Waals surface area contributed by atoms with Crippen molar-refractivity contribution in [1.29, 1.82) is 0 Å². The number of nitrogens with one attached hydrogen (secondary N) is 1. The lowest BCUT2D eigenvalue weighted by molar-refractivity contribution is 0.0326. The number of hydrogen-bond donors (Lipinski definition) is 2. The number of carbonyl (C=O) groups excluding carboxylic acids is 1. The number of rotatable bonds is 5. The van der Waals surface area contributed by atoms with Crippen LogP contribution in [0, 0.1) is 0 Å². The zero-order valence-corrected chi connectivity index (χ0v) is 12.8. The van der Waals surface area contributed by atoms with Crippen molar-refractivity contribution >= 4 is 16.7 Å². The highest BCUT2D eigenvalue weighted by Crippen LogP contribution is 2.18. The Morgan fingerprint density at radius 1 is 1.19 bits per heavy atom. The molecule has 0 aliphatic rings. The van der Waals surface area contributed by atoms with E-state index < -0.39 is 5.60 Å². The minimum atomic E-state index is -0.955. The summed E-state index contributed by atoms with van der Waals surface area (Å²) in [6, 6.07) is 13.4. The molecule has 2 aromatic rings. The van der Waals surface area contributed by atoms with Crippen molar-refractivity contribution in [2.75, 3.05) is 27.2 Å². The Bertz CT molecular complexity index is 630. The van der Waals surface area contributed by atoms with Gasteiger partial charge in [-0.1, -0.05) is 36.4 Å². The Hall–Kier alpha value is -1.91. The summed E-state index contributed by atoms with van der Waals surface area (Å²) in [5.41, 5.74) is -0.322. The lowest BCUT2D eigenvalue weighted by atomic mass is 10.0. The van der Waals surface area contributed by atoms with Crippen LogP contribution in [0.2, 0.25) is 0 Å². The van der Waals surface area contributed by atoms with E-state index in [0.717, 1.165) is 10.8 Å². The highest BCUT2D eigenvalue weighted by Gasteiger charge is 2.22. The number of hydrogen-bond acceptors (Lipinski definition) is 3. The summed E-state index contributed by atoms with van der Waals surface area (Å²) in [7, 11) is 3.78. The predicted octanol–water partition coefficient (Wildman–Crippen LogP) is 1.88. The second-order valence-corrected chi connectivity index (χ2v) is 5.94. The van der Waals surface area contributed by atoms with Crippen LogP contribution in [0.5, 0.6) is 0 Å². The molecule has 0 saturated heterocycles. The molecule has 4 heteroatoms. The summed E-state index contributed by atoms with van der Waals surface area (Å²) in [6.07, 6.45) is 0. The summed E-state index contributed by atoms with van der Waals surface area (Å²) in [5.74, 6) is -0.161. The van der Waals surface area contributed by atoms with Gasteiger partial charge in [0.15, 0.2) is 0 Å². The molecule has 1 amide bonds. The molecule has 0 saturated carbocycles. The lowest BCUT2D eigenvalue weighted by Crippen LogP contribution is -2.47. The van der Waals surface area contributed by atoms with Crippen molar-refractivity contribution in [1.82, 2.24) is 10.2 Å². The Balaban J connectivity index is 2.13. The van der Waals surface area contributed by atoms with Gasteiger partial charge in [0, 0.05) is 18.7 Å². The third-order valence-corrected chi connectivity index (χ3v) is 3.32. The van der Waals surface area contributed by atoms with Gasteiger partial charge in [-0.25, -0.2) is 0 Å². The fourth-order valence-corrected chi connectivity index (χ4v) is 2.53. The van der Waals surface area contributed by atoms with Gasteiger partial charge < -0.3 is 15.3 Å². The second-order valence-electron chi connectivity index (χ2n) is 5.94. The molecule has 0 bridgehead atoms. The standard InChI is InChI=1S/C17H22N2O2/c1-17(21,12-19(2)3)11-18-16(20)15-10-6-8-13-7-4-5-9-14(13)15/h4-10,21H,11-12H2,1-3H3,(H,18,20). The normalized spacial score (nSPS) is 14.1. The molecule has 4 nitrogen and oxygen atoms in total. The highest BCUT2D eigenvalue weighted by molar-refractivity contribution is 6.07. The molecule has 1 unspecified atom stereocenters. The third-order valence-electron chi connectivity index (χ3n) is 3.32. The SMILES string of the molecule is CN(C)CC(C)(O)CNC(=O)c1cccc2ccccc12. The van der Waals surface area contributed by atoms with Crippen LogP contribution in [-0.2, 0) is 0 Å². The number of nitrogens with zero attached hydrogens (tertiary/aromatic N) is 1. The van der Waals surface area contributed by atoms with Crippen LogP contribution in [0.4, 0.5) is 0 Å². The zero-order chi connectivity index (χ0) is 15.5. The van der Waals surface area contributed by atoms with E-state index >= 15 is 0 Å². The number of aliphatic hydroxyl groups is 1. The number of fused-ring (bicyclic) bond motifs is 1. The van der Waals surface area contributed by atoms with Gasteiger partial charge in [-0.05, 0) is 37.9 Å². The van der Waals surface area contributed by atoms with E-state index in [4.69, 9.17) is 0 Å². The van der Waals surface area contributed by atoms with E-state index in [-0.39, 0.29) is 12.5 Å². The van der Waals surface area contributed by atoms with Gasteiger partial charge in [-0.2, -0.15) is 0 Å². The Morgan fingerprint density at radius 2 is 1.86 bits per heavy atom. The first kappa shape index (κ1) is 15.5. The van der Waals surface area contributed by atoms with Gasteiger partial charge in [-0.3, -0.25) is 4.79 Å². The van der Waals surface area contributed by atoms with Crippen LogP contribution < -0.4 is 5.32 Å². The van der Waals surface area contributed by atoms with Crippen molar-refractivity contribution in [3.8, 4) is 0 Å². The maximum atomic E-state index is 12.4. The smallest absolute Gasteiger partial charge is 0.252 e. The largest absolute Gasteiger partial charge is 0.387 e. The van der Waals surface area contributed by atoms with E-state index in [9.17, 15) is 9.90 Å². The average Bonchev–Trinajstić information content (AvgIpc) is 2.43. The Morgan fingerprint density at radius 3 is 2.57 bits per heavy atom. The molecule has 0 fully saturated rings. The van der Waals surface area contributed by atoms with Crippen LogP contribution in [0.15, 0.2) is 42.5 Å². The van der Waals surface area contributed by atoms with Crippen LogP contribution in [0.1, 0.15) is 17.3 Å². The Kier molecular flexibility index (Phi) is 4.60. The fraction of sp³-hybridized carbons (Fsp3) is 0.353. The fourth-order valence-electron chi connectivity index (χ4n) is 2.53. The van der Waals surface area contributed by atoms with E-state index in [1.807, 2.05) is 55.4 Å². The molecule has 21 heavy (non-hydrogen) atoms. The van der Waals surface area contributed by atoms with Crippen molar-refractivity contribution < 1.29 is 9.90 Å². The summed E-state index contributed by atoms with van der Waals surface area (Å²) in [4.78, 5) is 14.2. The highest BCUT2D eigenvalue weighted by atomic mass is 16.3. The van der Waals surface area contributed by atoms with Crippen LogP contribution in [0.25, 0.3) is 10.8 Å². The number of carbonyl (C=O) groups is 1. The van der Waals surface area contributed by atoms with Crippen molar-refractivity contribution in [2.45, 2.75) is 12.5 Å². The topological polar surface area (TPSA) is 52.6 Å². The van der Waals surface area contributed by atoms with Gasteiger partial charge >= 0.3 is 0 Å². The third kappa shape index (κ3) is 4.03. The van der Waals surface area contributed by atoms with E-state index in [0.29, 0.717) is 12.1 Å². The molecule has 2 aromatic carbocycles. The van der Waals surface area contributed by atoms with Gasteiger partial charge in [0.25, 0.3) is 5.91 Å². The van der Waals surface area contributed by atoms with Gasteiger partial charge in [0.05, 0.1) is 5.60 Å². The van der Waals surface area contributed by atoms with Crippen molar-refractivity contribution in [3.63, 3.8) is 0 Å². The molecule has 112 valence electrons. The monoisotopic (exact) mass is 286 g/mol. The maximum absolute atomic E-state index is 12.4. The average molecular weight is 286 g/mol. The second kappa shape index (κ2) is 6.24. The molecule has 0 aliphatic heterocycles. The quantitative estimate of drug-likeness (QED) is 0.882.